The van der Waals surface area contributed by atoms with Crippen LogP contribution >= 0.6 is 0 Å². The van der Waals surface area contributed by atoms with Crippen LogP contribution in [0.5, 0.6) is 11.5 Å². The molecule has 0 saturated carbocycles. The average Bonchev–Trinajstić information content (AvgIpc) is 3.22. The van der Waals surface area contributed by atoms with Crippen molar-refractivity contribution < 1.29 is 35.0 Å². The van der Waals surface area contributed by atoms with Gasteiger partial charge < -0.3 is 4.74 Å². The van der Waals surface area contributed by atoms with Gasteiger partial charge in [0.2, 0.25) is 0 Å². The summed E-state index contributed by atoms with van der Waals surface area (Å²) in [6, 6.07) is 21.2. The molecule has 6 heteroatoms. The molecular formula is C18H12F3FeNO. The molecule has 0 aliphatic rings. The summed E-state index contributed by atoms with van der Waals surface area (Å²) in [5.41, 5.74) is -0.785. The van der Waals surface area contributed by atoms with Crippen molar-refractivity contribution in [2.45, 2.75) is 6.18 Å². The van der Waals surface area contributed by atoms with E-state index in [1.807, 2.05) is 30.3 Å². The molecular weight excluding hydrogens is 359 g/mol. The fourth-order valence-electron chi connectivity index (χ4n) is 1.78. The monoisotopic (exact) mass is 371 g/mol. The molecule has 0 amide bonds. The molecule has 124 valence electrons. The van der Waals surface area contributed by atoms with Crippen LogP contribution in [0.25, 0.3) is 0 Å². The van der Waals surface area contributed by atoms with Crippen LogP contribution in [-0.2, 0) is 23.2 Å². The van der Waals surface area contributed by atoms with Gasteiger partial charge in [0.15, 0.2) is 0 Å². The Morgan fingerprint density at radius 2 is 1.71 bits per heavy atom. The molecule has 3 rings (SSSR count). The molecule has 0 N–H and O–H groups in total. The Bertz CT molecular complexity index is 739. The van der Waals surface area contributed by atoms with Gasteiger partial charge in [0.05, 0.1) is 17.2 Å². The minimum absolute atomic E-state index is 0. The Hall–Kier alpha value is -2.48. The Morgan fingerprint density at radius 1 is 1.00 bits per heavy atom. The van der Waals surface area contributed by atoms with E-state index in [4.69, 9.17) is 10.00 Å². The second-order valence-corrected chi connectivity index (χ2v) is 4.51. The van der Waals surface area contributed by atoms with E-state index in [9.17, 15) is 13.2 Å². The minimum Gasteiger partial charge on any atom is -0.528 e. The van der Waals surface area contributed by atoms with Crippen LogP contribution in [0.1, 0.15) is 11.1 Å². The van der Waals surface area contributed by atoms with Crippen LogP contribution in [0.15, 0.2) is 72.8 Å². The first-order valence-corrected chi connectivity index (χ1v) is 6.68. The van der Waals surface area contributed by atoms with Crippen LogP contribution in [0.3, 0.4) is 0 Å². The Balaban J connectivity index is 0.000000412. The fourth-order valence-corrected chi connectivity index (χ4v) is 1.78. The van der Waals surface area contributed by atoms with Gasteiger partial charge in [-0.25, -0.2) is 12.1 Å². The van der Waals surface area contributed by atoms with Crippen molar-refractivity contribution in [1.82, 2.24) is 0 Å². The van der Waals surface area contributed by atoms with Crippen LogP contribution < -0.4 is 4.74 Å². The van der Waals surface area contributed by atoms with Gasteiger partial charge in [-0.2, -0.15) is 54.8 Å². The van der Waals surface area contributed by atoms with Crippen molar-refractivity contribution in [2.24, 2.45) is 0 Å². The van der Waals surface area contributed by atoms with Gasteiger partial charge in [-0.05, 0) is 23.9 Å². The molecule has 0 aliphatic carbocycles. The maximum atomic E-state index is 12.7. The zero-order valence-electron chi connectivity index (χ0n) is 12.3. The van der Waals surface area contributed by atoms with Gasteiger partial charge in [0.1, 0.15) is 5.75 Å². The number of ether oxygens (including phenoxy) is 1. The van der Waals surface area contributed by atoms with E-state index < -0.39 is 11.7 Å². The largest absolute Gasteiger partial charge is 2.00 e. The topological polar surface area (TPSA) is 33.0 Å². The molecule has 3 aromatic rings. The zero-order valence-corrected chi connectivity index (χ0v) is 13.4. The smallest absolute Gasteiger partial charge is 0.528 e. The van der Waals surface area contributed by atoms with Crippen molar-refractivity contribution >= 4 is 0 Å². The molecule has 0 aromatic heterocycles. The summed E-state index contributed by atoms with van der Waals surface area (Å²) in [6.45, 7) is 0. The molecule has 0 unspecified atom stereocenters. The van der Waals surface area contributed by atoms with Crippen molar-refractivity contribution in [3.63, 3.8) is 0 Å². The maximum absolute atomic E-state index is 12.7. The third-order valence-corrected chi connectivity index (χ3v) is 2.83. The van der Waals surface area contributed by atoms with Crippen molar-refractivity contribution in [2.75, 3.05) is 0 Å². The number of hydrogen-bond donors (Lipinski definition) is 0. The second kappa shape index (κ2) is 8.97. The number of rotatable bonds is 2. The molecule has 2 nitrogen and oxygen atoms in total. The van der Waals surface area contributed by atoms with Gasteiger partial charge in [-0.1, -0.05) is 0 Å². The molecule has 0 heterocycles. The van der Waals surface area contributed by atoms with Crippen molar-refractivity contribution in [3.05, 3.63) is 83.9 Å². The summed E-state index contributed by atoms with van der Waals surface area (Å²) >= 11 is 0. The van der Waals surface area contributed by atoms with Gasteiger partial charge in [-0.3, -0.25) is 0 Å². The number of alkyl halides is 3. The minimum atomic E-state index is -4.52. The molecule has 0 saturated heterocycles. The second-order valence-electron chi connectivity index (χ2n) is 4.51. The van der Waals surface area contributed by atoms with Crippen LogP contribution in [0.4, 0.5) is 13.2 Å². The van der Waals surface area contributed by atoms with E-state index in [-0.39, 0.29) is 28.4 Å². The maximum Gasteiger partial charge on any atom is 2.00 e. The van der Waals surface area contributed by atoms with Crippen LogP contribution in [-0.4, -0.2) is 0 Å². The molecule has 0 aliphatic heterocycles. The summed E-state index contributed by atoms with van der Waals surface area (Å²) in [7, 11) is 0. The SMILES string of the molecule is N#Cc1ccc(C(F)(F)F)c(Oc2cc[cH-]c2)c1.[Fe+2].c1cc[cH-]c1. The third kappa shape index (κ3) is 5.62. The first-order chi connectivity index (χ1) is 11.0. The van der Waals surface area contributed by atoms with Crippen LogP contribution in [0, 0.1) is 11.3 Å². The number of hydrogen-bond acceptors (Lipinski definition) is 2. The molecule has 0 fully saturated rings. The van der Waals surface area contributed by atoms with E-state index in [0.29, 0.717) is 5.75 Å². The van der Waals surface area contributed by atoms with E-state index in [0.717, 1.165) is 18.2 Å². The summed E-state index contributed by atoms with van der Waals surface area (Å²) in [5.74, 6) is -0.0664. The predicted octanol–water partition coefficient (Wildman–Crippen LogP) is 5.49. The van der Waals surface area contributed by atoms with Gasteiger partial charge in [0.25, 0.3) is 0 Å². The van der Waals surface area contributed by atoms with Crippen LogP contribution in [0.2, 0.25) is 0 Å². The molecule has 0 spiro atoms. The number of nitriles is 1. The first-order valence-electron chi connectivity index (χ1n) is 6.68. The standard InChI is InChI=1S/C13H7F3NO.C5H5.Fe/c14-13(15,16)11-6-5-9(8-17)7-12(11)18-10-3-1-2-4-10;1-2-4-5-3-1;/h1-7H;1-5H;/q2*-1;+2. The Kier molecular flexibility index (Phi) is 7.31. The molecule has 24 heavy (non-hydrogen) atoms. The summed E-state index contributed by atoms with van der Waals surface area (Å²) in [6.07, 6.45) is -4.52. The third-order valence-electron chi connectivity index (χ3n) is 2.83. The summed E-state index contributed by atoms with van der Waals surface area (Å²) in [5, 5.41) is 8.70. The molecule has 3 aromatic carbocycles. The molecule has 0 atom stereocenters. The van der Waals surface area contributed by atoms with E-state index in [1.54, 1.807) is 30.3 Å². The molecule has 0 bridgehead atoms. The number of nitrogens with zero attached hydrogens (tertiary/aromatic N) is 1. The zero-order chi connectivity index (χ0) is 16.7. The number of halogens is 3. The van der Waals surface area contributed by atoms with Crippen molar-refractivity contribution in [3.8, 4) is 17.6 Å². The van der Waals surface area contributed by atoms with Crippen molar-refractivity contribution in [1.29, 1.82) is 5.26 Å². The van der Waals surface area contributed by atoms with E-state index in [1.165, 1.54) is 0 Å². The fraction of sp³-hybridized carbons (Fsp3) is 0.0556. The van der Waals surface area contributed by atoms with Gasteiger partial charge in [-0.15, -0.1) is 6.07 Å². The number of benzene rings is 1. The van der Waals surface area contributed by atoms with E-state index >= 15 is 0 Å². The Morgan fingerprint density at radius 3 is 2.17 bits per heavy atom. The first kappa shape index (κ1) is 19.6. The quantitative estimate of drug-likeness (QED) is 0.441. The predicted molar refractivity (Wildman–Crippen MR) is 80.3 cm³/mol. The van der Waals surface area contributed by atoms with Gasteiger partial charge in [0, 0.05) is 0 Å². The van der Waals surface area contributed by atoms with E-state index in [2.05, 4.69) is 0 Å². The molecule has 0 radical (unpaired) electrons. The Labute approximate surface area is 148 Å². The van der Waals surface area contributed by atoms with Gasteiger partial charge >= 0.3 is 23.2 Å². The normalized spacial score (nSPS) is 9.92. The summed E-state index contributed by atoms with van der Waals surface area (Å²) < 4.78 is 43.4. The average molecular weight is 371 g/mol. The summed E-state index contributed by atoms with van der Waals surface area (Å²) in [4.78, 5) is 0.